The predicted octanol–water partition coefficient (Wildman–Crippen LogP) is 2.98. The van der Waals surface area contributed by atoms with Crippen molar-refractivity contribution in [2.75, 3.05) is 0 Å². The molecule has 1 aromatic heterocycles. The maximum absolute atomic E-state index is 13.3. The Morgan fingerprint density at radius 2 is 1.92 bits per heavy atom. The predicted molar refractivity (Wildman–Crippen MR) is 79.2 cm³/mol. The van der Waals surface area contributed by atoms with E-state index in [1.54, 1.807) is 6.07 Å². The minimum atomic E-state index is -4.96. The first-order valence-corrected chi connectivity index (χ1v) is 8.23. The summed E-state index contributed by atoms with van der Waals surface area (Å²) in [5, 5.41) is 8.75. The topological polar surface area (TPSA) is 82.8 Å². The molecule has 1 heterocycles. The first kappa shape index (κ1) is 18.8. The number of hydrogen-bond acceptors (Lipinski definition) is 4. The Morgan fingerprint density at radius 3 is 2.48 bits per heavy atom. The molecule has 0 spiro atoms. The monoisotopic (exact) mass is 373 g/mol. The second-order valence-electron chi connectivity index (χ2n) is 5.13. The van der Waals surface area contributed by atoms with Gasteiger partial charge in [0.05, 0.1) is 5.56 Å². The Bertz CT molecular complexity index is 937. The summed E-state index contributed by atoms with van der Waals surface area (Å²) in [5.74, 6) is -0.710. The smallest absolute Gasteiger partial charge is 0.262 e. The van der Waals surface area contributed by atoms with Gasteiger partial charge in [-0.2, -0.15) is 23.2 Å². The first-order chi connectivity index (χ1) is 11.5. The van der Waals surface area contributed by atoms with Gasteiger partial charge in [-0.15, -0.1) is 0 Å². The molecule has 0 radical (unpaired) electrons. The van der Waals surface area contributed by atoms with E-state index in [2.05, 4.69) is 4.98 Å². The molecule has 5 nitrogen and oxygen atoms in total. The summed E-state index contributed by atoms with van der Waals surface area (Å²) < 4.78 is 79.3. The van der Waals surface area contributed by atoms with Gasteiger partial charge in [-0.1, -0.05) is 12.1 Å². The van der Waals surface area contributed by atoms with Crippen LogP contribution in [-0.4, -0.2) is 19.6 Å². The average Bonchev–Trinajstić information content (AvgIpc) is 2.54. The van der Waals surface area contributed by atoms with Gasteiger partial charge in [-0.25, -0.2) is 12.8 Å². The van der Waals surface area contributed by atoms with Gasteiger partial charge in [0.15, 0.2) is 0 Å². The van der Waals surface area contributed by atoms with Gasteiger partial charge in [0.1, 0.15) is 22.8 Å². The summed E-state index contributed by atoms with van der Waals surface area (Å²) >= 11 is 0. The van der Waals surface area contributed by atoms with Crippen LogP contribution in [-0.2, 0) is 10.0 Å². The highest BCUT2D eigenvalue weighted by Crippen LogP contribution is 2.34. The van der Waals surface area contributed by atoms with Crippen LogP contribution in [0.1, 0.15) is 22.7 Å². The van der Waals surface area contributed by atoms with E-state index in [0.717, 1.165) is 36.7 Å². The zero-order valence-electron chi connectivity index (χ0n) is 12.7. The van der Waals surface area contributed by atoms with Crippen molar-refractivity contribution in [3.05, 3.63) is 59.2 Å². The number of sulfonamides is 1. The molecule has 0 aliphatic rings. The molecule has 1 N–H and O–H groups in total. The Kier molecular flexibility index (Phi) is 5.10. The van der Waals surface area contributed by atoms with E-state index >= 15 is 0 Å². The van der Waals surface area contributed by atoms with Crippen molar-refractivity contribution in [3.8, 4) is 6.07 Å². The third-order valence-electron chi connectivity index (χ3n) is 3.27. The highest BCUT2D eigenvalue weighted by Gasteiger charge is 2.43. The van der Waals surface area contributed by atoms with E-state index in [-0.39, 0.29) is 11.1 Å². The molecule has 10 heteroatoms. The summed E-state index contributed by atoms with van der Waals surface area (Å²) in [6.07, 6.45) is -3.06. The largest absolute Gasteiger partial charge is 0.408 e. The Labute approximate surface area is 141 Å². The zero-order chi connectivity index (χ0) is 18.8. The molecule has 0 saturated carbocycles. The molecule has 0 bridgehead atoms. The van der Waals surface area contributed by atoms with Gasteiger partial charge >= 0.3 is 6.18 Å². The van der Waals surface area contributed by atoms with Crippen molar-refractivity contribution in [2.45, 2.75) is 24.0 Å². The van der Waals surface area contributed by atoms with Crippen molar-refractivity contribution >= 4 is 10.0 Å². The van der Waals surface area contributed by atoms with Gasteiger partial charge in [0.2, 0.25) is 10.0 Å². The van der Waals surface area contributed by atoms with Crippen molar-refractivity contribution in [1.29, 1.82) is 5.26 Å². The van der Waals surface area contributed by atoms with Crippen LogP contribution >= 0.6 is 0 Å². The quantitative estimate of drug-likeness (QED) is 0.836. The van der Waals surface area contributed by atoms with Crippen LogP contribution in [0.3, 0.4) is 0 Å². The van der Waals surface area contributed by atoms with E-state index < -0.39 is 38.5 Å². The fourth-order valence-corrected chi connectivity index (χ4v) is 3.22. The molecule has 1 aromatic carbocycles. The maximum Gasteiger partial charge on any atom is 0.408 e. The van der Waals surface area contributed by atoms with Gasteiger partial charge in [0, 0.05) is 12.4 Å². The van der Waals surface area contributed by atoms with Crippen molar-refractivity contribution in [1.82, 2.24) is 9.71 Å². The van der Waals surface area contributed by atoms with Crippen LogP contribution < -0.4 is 4.72 Å². The fraction of sp³-hybridized carbons (Fsp3) is 0.200. The van der Waals surface area contributed by atoms with E-state index in [4.69, 9.17) is 5.26 Å². The third-order valence-corrected chi connectivity index (χ3v) is 4.66. The molecule has 2 rings (SSSR count). The Hall–Kier alpha value is -2.51. The number of pyridine rings is 1. The lowest BCUT2D eigenvalue weighted by Crippen LogP contribution is -2.38. The summed E-state index contributed by atoms with van der Waals surface area (Å²) in [6, 6.07) is 2.57. The number of nitrogens with zero attached hydrogens (tertiary/aromatic N) is 2. The number of nitrogens with one attached hydrogen (secondary N) is 1. The normalized spacial score (nSPS) is 13.3. The number of alkyl halides is 3. The van der Waals surface area contributed by atoms with Crippen molar-refractivity contribution < 1.29 is 26.0 Å². The number of rotatable bonds is 4. The standard InChI is InChI=1S/C15H11F4N3O2S/c1-9-4-11(2-3-13(9)16)14(15(17,18)19)22-25(23,24)12-5-10(6-20)7-21-8-12/h2-5,7-8,14,22H,1H3. The summed E-state index contributed by atoms with van der Waals surface area (Å²) in [4.78, 5) is 2.93. The molecule has 2 aromatic rings. The average molecular weight is 373 g/mol. The van der Waals surface area contributed by atoms with Gasteiger partial charge in [-0.3, -0.25) is 4.98 Å². The van der Waals surface area contributed by atoms with Crippen LogP contribution in [0.25, 0.3) is 0 Å². The zero-order valence-corrected chi connectivity index (χ0v) is 13.5. The molecule has 0 amide bonds. The van der Waals surface area contributed by atoms with Crippen LogP contribution in [0.15, 0.2) is 41.6 Å². The molecule has 0 aliphatic heterocycles. The number of nitriles is 1. The summed E-state index contributed by atoms with van der Waals surface area (Å²) in [5.41, 5.74) is -0.637. The number of aromatic nitrogens is 1. The lowest BCUT2D eigenvalue weighted by Gasteiger charge is -2.22. The van der Waals surface area contributed by atoms with Crippen molar-refractivity contribution in [3.63, 3.8) is 0 Å². The van der Waals surface area contributed by atoms with Gasteiger partial charge in [-0.05, 0) is 30.2 Å². The Morgan fingerprint density at radius 1 is 1.24 bits per heavy atom. The van der Waals surface area contributed by atoms with Crippen LogP contribution in [0, 0.1) is 24.1 Å². The van der Waals surface area contributed by atoms with E-state index in [1.807, 2.05) is 0 Å². The molecule has 1 atom stereocenters. The highest BCUT2D eigenvalue weighted by atomic mass is 32.2. The number of benzene rings is 1. The SMILES string of the molecule is Cc1cc(C(NS(=O)(=O)c2cncc(C#N)c2)C(F)(F)F)ccc1F. The lowest BCUT2D eigenvalue weighted by molar-refractivity contribution is -0.153. The van der Waals surface area contributed by atoms with E-state index in [1.165, 1.54) is 11.6 Å². The second kappa shape index (κ2) is 6.78. The maximum atomic E-state index is 13.3. The molecule has 25 heavy (non-hydrogen) atoms. The number of aryl methyl sites for hydroxylation is 1. The van der Waals surface area contributed by atoms with Gasteiger partial charge < -0.3 is 0 Å². The molecule has 0 saturated heterocycles. The van der Waals surface area contributed by atoms with E-state index in [0.29, 0.717) is 0 Å². The third kappa shape index (κ3) is 4.32. The molecule has 1 unspecified atom stereocenters. The molecule has 132 valence electrons. The fourth-order valence-electron chi connectivity index (χ4n) is 2.02. The second-order valence-corrected chi connectivity index (χ2v) is 6.84. The first-order valence-electron chi connectivity index (χ1n) is 6.75. The summed E-state index contributed by atoms with van der Waals surface area (Å²) in [6.45, 7) is 1.26. The lowest BCUT2D eigenvalue weighted by atomic mass is 10.0. The minimum Gasteiger partial charge on any atom is -0.262 e. The number of hydrogen-bond donors (Lipinski definition) is 1. The molecule has 0 fully saturated rings. The molecular weight excluding hydrogens is 362 g/mol. The molecule has 0 aliphatic carbocycles. The Balaban J connectivity index is 2.46. The van der Waals surface area contributed by atoms with Crippen LogP contribution in [0.4, 0.5) is 17.6 Å². The number of halogens is 4. The highest BCUT2D eigenvalue weighted by molar-refractivity contribution is 7.89. The van der Waals surface area contributed by atoms with Gasteiger partial charge in [0.25, 0.3) is 0 Å². The van der Waals surface area contributed by atoms with Crippen molar-refractivity contribution in [2.24, 2.45) is 0 Å². The minimum absolute atomic E-state index is 0.0564. The van der Waals surface area contributed by atoms with E-state index in [9.17, 15) is 26.0 Å². The van der Waals surface area contributed by atoms with Crippen LogP contribution in [0.2, 0.25) is 0 Å². The molecular formula is C15H11F4N3O2S. The summed E-state index contributed by atoms with van der Waals surface area (Å²) in [7, 11) is -4.62. The van der Waals surface area contributed by atoms with Crippen LogP contribution in [0.5, 0.6) is 0 Å².